The number of rotatable bonds is 4. The Kier molecular flexibility index (Phi) is 4.80. The summed E-state index contributed by atoms with van der Waals surface area (Å²) in [7, 11) is 3.54. The molecule has 1 aliphatic rings. The minimum absolute atomic E-state index is 0.168. The number of carbonyl (C=O) groups is 1. The molecule has 1 unspecified atom stereocenters. The van der Waals surface area contributed by atoms with Crippen molar-refractivity contribution in [3.05, 3.63) is 29.8 Å². The number of nitrogens with zero attached hydrogens (tertiary/aromatic N) is 1. The molecule has 1 aromatic carbocycles. The third-order valence-corrected chi connectivity index (χ3v) is 3.70. The van der Waals surface area contributed by atoms with Gasteiger partial charge in [0.2, 0.25) is 5.91 Å². The van der Waals surface area contributed by atoms with E-state index in [0.717, 1.165) is 37.2 Å². The van der Waals surface area contributed by atoms with Crippen LogP contribution in [0.4, 0.5) is 0 Å². The SMILES string of the molecule is COc1cccc(CC(=O)N(C)C2CCCNC2)c1. The van der Waals surface area contributed by atoms with Gasteiger partial charge in [-0.15, -0.1) is 0 Å². The lowest BCUT2D eigenvalue weighted by Crippen LogP contribution is -2.47. The van der Waals surface area contributed by atoms with Gasteiger partial charge in [-0.2, -0.15) is 0 Å². The van der Waals surface area contributed by atoms with Crippen molar-refractivity contribution in [3.8, 4) is 5.75 Å². The van der Waals surface area contributed by atoms with Crippen LogP contribution in [0.15, 0.2) is 24.3 Å². The van der Waals surface area contributed by atoms with Crippen molar-refractivity contribution in [2.45, 2.75) is 25.3 Å². The number of likely N-dealkylation sites (N-methyl/N-ethyl adjacent to an activating group) is 1. The highest BCUT2D eigenvalue weighted by molar-refractivity contribution is 5.79. The molecule has 1 fully saturated rings. The topological polar surface area (TPSA) is 41.6 Å². The van der Waals surface area contributed by atoms with Crippen LogP contribution in [0.5, 0.6) is 5.75 Å². The lowest BCUT2D eigenvalue weighted by Gasteiger charge is -2.31. The molecule has 1 aliphatic heterocycles. The number of hydrogen-bond acceptors (Lipinski definition) is 3. The molecular weight excluding hydrogens is 240 g/mol. The normalized spacial score (nSPS) is 18.9. The minimum atomic E-state index is 0.168. The monoisotopic (exact) mass is 262 g/mol. The Bertz CT molecular complexity index is 428. The fraction of sp³-hybridized carbons (Fsp3) is 0.533. The van der Waals surface area contributed by atoms with Crippen LogP contribution in [0.3, 0.4) is 0 Å². The molecule has 1 atom stereocenters. The number of piperidine rings is 1. The van der Waals surface area contributed by atoms with Crippen LogP contribution in [-0.4, -0.2) is 44.1 Å². The molecule has 2 rings (SSSR count). The van der Waals surface area contributed by atoms with Gasteiger partial charge in [0.25, 0.3) is 0 Å². The van der Waals surface area contributed by atoms with Gasteiger partial charge in [-0.25, -0.2) is 0 Å². The van der Waals surface area contributed by atoms with Crippen molar-refractivity contribution in [2.24, 2.45) is 0 Å². The Morgan fingerprint density at radius 2 is 2.37 bits per heavy atom. The van der Waals surface area contributed by atoms with Gasteiger partial charge >= 0.3 is 0 Å². The molecule has 0 aliphatic carbocycles. The average Bonchev–Trinajstić information content (AvgIpc) is 2.47. The zero-order valence-electron chi connectivity index (χ0n) is 11.7. The molecule has 4 nitrogen and oxygen atoms in total. The molecule has 4 heteroatoms. The van der Waals surface area contributed by atoms with E-state index in [1.54, 1.807) is 7.11 Å². The Labute approximate surface area is 114 Å². The Balaban J connectivity index is 1.95. The molecule has 0 aromatic heterocycles. The first-order chi connectivity index (χ1) is 9.20. The van der Waals surface area contributed by atoms with Gasteiger partial charge in [0.05, 0.1) is 13.5 Å². The van der Waals surface area contributed by atoms with Crippen molar-refractivity contribution in [2.75, 3.05) is 27.2 Å². The second-order valence-corrected chi connectivity index (χ2v) is 5.03. The maximum Gasteiger partial charge on any atom is 0.227 e. The second kappa shape index (κ2) is 6.57. The van der Waals surface area contributed by atoms with Crippen molar-refractivity contribution < 1.29 is 9.53 Å². The Hall–Kier alpha value is -1.55. The van der Waals surface area contributed by atoms with E-state index in [0.29, 0.717) is 12.5 Å². The van der Waals surface area contributed by atoms with Gasteiger partial charge in [-0.1, -0.05) is 12.1 Å². The van der Waals surface area contributed by atoms with Crippen molar-refractivity contribution >= 4 is 5.91 Å². The van der Waals surface area contributed by atoms with Crippen LogP contribution >= 0.6 is 0 Å². The fourth-order valence-corrected chi connectivity index (χ4v) is 2.45. The van der Waals surface area contributed by atoms with E-state index in [1.807, 2.05) is 36.2 Å². The molecule has 1 saturated heterocycles. The smallest absolute Gasteiger partial charge is 0.227 e. The van der Waals surface area contributed by atoms with E-state index in [4.69, 9.17) is 4.74 Å². The second-order valence-electron chi connectivity index (χ2n) is 5.03. The van der Waals surface area contributed by atoms with Gasteiger partial charge in [0.15, 0.2) is 0 Å². The molecule has 1 aromatic rings. The molecule has 1 heterocycles. The quantitative estimate of drug-likeness (QED) is 0.893. The highest BCUT2D eigenvalue weighted by Gasteiger charge is 2.21. The molecule has 0 radical (unpaired) electrons. The van der Waals surface area contributed by atoms with Gasteiger partial charge in [-0.3, -0.25) is 4.79 Å². The molecule has 1 N–H and O–H groups in total. The number of carbonyl (C=O) groups excluding carboxylic acids is 1. The predicted molar refractivity (Wildman–Crippen MR) is 75.4 cm³/mol. The maximum atomic E-state index is 12.3. The average molecular weight is 262 g/mol. The zero-order valence-corrected chi connectivity index (χ0v) is 11.7. The summed E-state index contributed by atoms with van der Waals surface area (Å²) in [4.78, 5) is 14.1. The number of methoxy groups -OCH3 is 1. The van der Waals surface area contributed by atoms with E-state index < -0.39 is 0 Å². The van der Waals surface area contributed by atoms with Gasteiger partial charge in [0, 0.05) is 19.6 Å². The summed E-state index contributed by atoms with van der Waals surface area (Å²) in [5, 5.41) is 3.34. The van der Waals surface area contributed by atoms with Gasteiger partial charge in [0.1, 0.15) is 5.75 Å². The maximum absolute atomic E-state index is 12.3. The standard InChI is InChI=1S/C15H22N2O2/c1-17(13-6-4-8-16-11-13)15(18)10-12-5-3-7-14(9-12)19-2/h3,5,7,9,13,16H,4,6,8,10-11H2,1-2H3. The van der Waals surface area contributed by atoms with E-state index in [2.05, 4.69) is 5.32 Å². The van der Waals surface area contributed by atoms with E-state index in [9.17, 15) is 4.79 Å². The van der Waals surface area contributed by atoms with Crippen LogP contribution in [0.2, 0.25) is 0 Å². The van der Waals surface area contributed by atoms with Crippen molar-refractivity contribution in [1.29, 1.82) is 0 Å². The van der Waals surface area contributed by atoms with E-state index in [-0.39, 0.29) is 5.91 Å². The minimum Gasteiger partial charge on any atom is -0.497 e. The summed E-state index contributed by atoms with van der Waals surface area (Å²) >= 11 is 0. The number of amides is 1. The van der Waals surface area contributed by atoms with Crippen LogP contribution in [0, 0.1) is 0 Å². The van der Waals surface area contributed by atoms with Crippen LogP contribution in [0.25, 0.3) is 0 Å². The summed E-state index contributed by atoms with van der Waals surface area (Å²) in [5.41, 5.74) is 1.000. The van der Waals surface area contributed by atoms with Crippen molar-refractivity contribution in [3.63, 3.8) is 0 Å². The molecule has 1 amide bonds. The van der Waals surface area contributed by atoms with Crippen LogP contribution in [0.1, 0.15) is 18.4 Å². The molecule has 0 saturated carbocycles. The third-order valence-electron chi connectivity index (χ3n) is 3.70. The zero-order chi connectivity index (χ0) is 13.7. The first-order valence-corrected chi connectivity index (χ1v) is 6.80. The Morgan fingerprint density at radius 1 is 1.53 bits per heavy atom. The summed E-state index contributed by atoms with van der Waals surface area (Å²) < 4.78 is 5.18. The summed E-state index contributed by atoms with van der Waals surface area (Å²) in [6, 6.07) is 8.02. The Morgan fingerprint density at radius 3 is 3.05 bits per heavy atom. The van der Waals surface area contributed by atoms with E-state index in [1.165, 1.54) is 0 Å². The highest BCUT2D eigenvalue weighted by Crippen LogP contribution is 2.15. The lowest BCUT2D eigenvalue weighted by atomic mass is 10.0. The van der Waals surface area contributed by atoms with Crippen LogP contribution in [-0.2, 0) is 11.2 Å². The molecular formula is C15H22N2O2. The first kappa shape index (κ1) is 13.9. The molecule has 104 valence electrons. The largest absolute Gasteiger partial charge is 0.497 e. The van der Waals surface area contributed by atoms with E-state index >= 15 is 0 Å². The number of ether oxygens (including phenoxy) is 1. The van der Waals surface area contributed by atoms with Crippen LogP contribution < -0.4 is 10.1 Å². The summed E-state index contributed by atoms with van der Waals surface area (Å²) in [6.07, 6.45) is 2.67. The van der Waals surface area contributed by atoms with Gasteiger partial charge < -0.3 is 15.0 Å². The fourth-order valence-electron chi connectivity index (χ4n) is 2.45. The third kappa shape index (κ3) is 3.70. The first-order valence-electron chi connectivity index (χ1n) is 6.80. The van der Waals surface area contributed by atoms with Gasteiger partial charge in [-0.05, 0) is 37.1 Å². The molecule has 0 bridgehead atoms. The summed E-state index contributed by atoms with van der Waals surface area (Å²) in [6.45, 7) is 1.97. The summed E-state index contributed by atoms with van der Waals surface area (Å²) in [5.74, 6) is 0.967. The number of nitrogens with one attached hydrogen (secondary N) is 1. The van der Waals surface area contributed by atoms with Crippen molar-refractivity contribution in [1.82, 2.24) is 10.2 Å². The lowest BCUT2D eigenvalue weighted by molar-refractivity contribution is -0.131. The number of benzene rings is 1. The molecule has 19 heavy (non-hydrogen) atoms. The number of hydrogen-bond donors (Lipinski definition) is 1. The predicted octanol–water partition coefficient (Wildman–Crippen LogP) is 1.45. The molecule has 0 spiro atoms. The highest BCUT2D eigenvalue weighted by atomic mass is 16.5.